The first-order chi connectivity index (χ1) is 18.9. The summed E-state index contributed by atoms with van der Waals surface area (Å²) in [4.78, 5) is 45.7. The van der Waals surface area contributed by atoms with Crippen molar-refractivity contribution >= 4 is 29.8 Å². The standard InChI is InChI=1S/C26H25N7O.C3H7NO/c1-19-7-8-20(25(34)33-15-13-32(14-16-33)24-6-2-3-11-28-24)17-23(19)31-26-29-12-9-22(30-26)21-5-4-10-27-18-21;1-4(2)3-5/h2-12,17-18H,13-16H2,1H3,(H,29,30,31);3H,1-2H3. The molecule has 0 bridgehead atoms. The van der Waals surface area contributed by atoms with E-state index in [9.17, 15) is 9.59 Å². The lowest BCUT2D eigenvalue weighted by Crippen LogP contribution is -2.49. The molecule has 1 N–H and O–H groups in total. The van der Waals surface area contributed by atoms with Gasteiger partial charge in [-0.05, 0) is 55.0 Å². The molecule has 4 aromatic rings. The van der Waals surface area contributed by atoms with Crippen LogP contribution < -0.4 is 10.2 Å². The molecule has 1 aromatic carbocycles. The highest BCUT2D eigenvalue weighted by molar-refractivity contribution is 5.95. The van der Waals surface area contributed by atoms with Crippen molar-refractivity contribution in [1.29, 1.82) is 0 Å². The molecular formula is C29H32N8O2. The summed E-state index contributed by atoms with van der Waals surface area (Å²) < 4.78 is 0. The molecule has 0 atom stereocenters. The molecule has 0 saturated carbocycles. The lowest BCUT2D eigenvalue weighted by molar-refractivity contribution is -0.115. The number of nitrogens with one attached hydrogen (secondary N) is 1. The van der Waals surface area contributed by atoms with E-state index in [1.54, 1.807) is 38.9 Å². The number of hydrogen-bond donors (Lipinski definition) is 1. The number of aryl methyl sites for hydroxylation is 1. The Bertz CT molecular complexity index is 1370. The van der Waals surface area contributed by atoms with Crippen LogP contribution in [-0.2, 0) is 4.79 Å². The Morgan fingerprint density at radius 1 is 0.949 bits per heavy atom. The predicted octanol–water partition coefficient (Wildman–Crippen LogP) is 3.65. The second kappa shape index (κ2) is 13.1. The van der Waals surface area contributed by atoms with Gasteiger partial charge in [-0.15, -0.1) is 0 Å². The van der Waals surface area contributed by atoms with Gasteiger partial charge in [0.1, 0.15) is 5.82 Å². The topological polar surface area (TPSA) is 107 Å². The SMILES string of the molecule is CN(C)C=O.Cc1ccc(C(=O)N2CCN(c3ccccn3)CC2)cc1Nc1nccc(-c2cccnc2)n1. The maximum Gasteiger partial charge on any atom is 0.254 e. The first-order valence-electron chi connectivity index (χ1n) is 12.6. The number of pyridine rings is 2. The summed E-state index contributed by atoms with van der Waals surface area (Å²) in [6.45, 7) is 4.82. The fourth-order valence-electron chi connectivity index (χ4n) is 3.97. The van der Waals surface area contributed by atoms with Crippen LogP contribution >= 0.6 is 0 Å². The summed E-state index contributed by atoms with van der Waals surface area (Å²) in [5, 5.41) is 3.28. The van der Waals surface area contributed by atoms with Crippen molar-refractivity contribution in [3.63, 3.8) is 0 Å². The number of amides is 2. The predicted molar refractivity (Wildman–Crippen MR) is 152 cm³/mol. The quantitative estimate of drug-likeness (QED) is 0.381. The molecular weight excluding hydrogens is 492 g/mol. The number of carbonyl (C=O) groups is 2. The Hall–Kier alpha value is -4.86. The molecule has 1 saturated heterocycles. The molecule has 5 rings (SSSR count). The zero-order valence-electron chi connectivity index (χ0n) is 22.4. The van der Waals surface area contributed by atoms with Crippen LogP contribution in [0, 0.1) is 6.92 Å². The van der Waals surface area contributed by atoms with E-state index in [0.29, 0.717) is 24.6 Å². The molecule has 10 heteroatoms. The number of hydrogen-bond acceptors (Lipinski definition) is 8. The number of piperazine rings is 1. The minimum atomic E-state index is 0.0220. The molecule has 200 valence electrons. The minimum absolute atomic E-state index is 0.0220. The van der Waals surface area contributed by atoms with Crippen molar-refractivity contribution in [2.24, 2.45) is 0 Å². The number of carbonyl (C=O) groups excluding carboxylic acids is 2. The molecule has 39 heavy (non-hydrogen) atoms. The Labute approximate surface area is 228 Å². The molecule has 1 aliphatic heterocycles. The van der Waals surface area contributed by atoms with E-state index in [1.807, 2.05) is 66.4 Å². The van der Waals surface area contributed by atoms with Gasteiger partial charge in [0.05, 0.1) is 5.69 Å². The zero-order valence-corrected chi connectivity index (χ0v) is 22.4. The number of anilines is 3. The maximum absolute atomic E-state index is 13.2. The normalized spacial score (nSPS) is 12.7. The van der Waals surface area contributed by atoms with E-state index in [0.717, 1.165) is 47.8 Å². The van der Waals surface area contributed by atoms with Gasteiger partial charge in [-0.1, -0.05) is 12.1 Å². The Kier molecular flexibility index (Phi) is 9.12. The van der Waals surface area contributed by atoms with Gasteiger partial charge in [0, 0.05) is 81.9 Å². The third-order valence-corrected chi connectivity index (χ3v) is 6.09. The Morgan fingerprint density at radius 2 is 1.74 bits per heavy atom. The van der Waals surface area contributed by atoms with E-state index in [1.165, 1.54) is 4.90 Å². The number of nitrogens with zero attached hydrogens (tertiary/aromatic N) is 7. The highest BCUT2D eigenvalue weighted by atomic mass is 16.2. The fourth-order valence-corrected chi connectivity index (χ4v) is 3.97. The number of benzene rings is 1. The van der Waals surface area contributed by atoms with Crippen LogP contribution in [0.5, 0.6) is 0 Å². The summed E-state index contributed by atoms with van der Waals surface area (Å²) >= 11 is 0. The fraction of sp³-hybridized carbons (Fsp3) is 0.241. The van der Waals surface area contributed by atoms with Crippen molar-refractivity contribution in [1.82, 2.24) is 29.7 Å². The molecule has 0 aliphatic carbocycles. The summed E-state index contributed by atoms with van der Waals surface area (Å²) in [5.74, 6) is 1.44. The van der Waals surface area contributed by atoms with E-state index in [4.69, 9.17) is 0 Å². The molecule has 3 aromatic heterocycles. The summed E-state index contributed by atoms with van der Waals surface area (Å²) in [5.41, 5.74) is 4.15. The van der Waals surface area contributed by atoms with Crippen molar-refractivity contribution in [2.75, 3.05) is 50.5 Å². The van der Waals surface area contributed by atoms with E-state index < -0.39 is 0 Å². The van der Waals surface area contributed by atoms with Crippen LogP contribution in [0.25, 0.3) is 11.3 Å². The van der Waals surface area contributed by atoms with Gasteiger partial charge < -0.3 is 20.0 Å². The smallest absolute Gasteiger partial charge is 0.254 e. The number of rotatable bonds is 6. The van der Waals surface area contributed by atoms with Gasteiger partial charge in [0.15, 0.2) is 0 Å². The van der Waals surface area contributed by atoms with Crippen molar-refractivity contribution < 1.29 is 9.59 Å². The van der Waals surface area contributed by atoms with Gasteiger partial charge in [0.25, 0.3) is 5.91 Å². The Morgan fingerprint density at radius 3 is 2.41 bits per heavy atom. The minimum Gasteiger partial charge on any atom is -0.353 e. The van der Waals surface area contributed by atoms with Crippen LogP contribution in [-0.4, -0.2) is 82.3 Å². The summed E-state index contributed by atoms with van der Waals surface area (Å²) in [6, 6.07) is 17.3. The van der Waals surface area contributed by atoms with Crippen LogP contribution in [0.1, 0.15) is 15.9 Å². The lowest BCUT2D eigenvalue weighted by atomic mass is 10.1. The molecule has 0 unspecified atom stereocenters. The van der Waals surface area contributed by atoms with Crippen molar-refractivity contribution in [3.8, 4) is 11.3 Å². The summed E-state index contributed by atoms with van der Waals surface area (Å²) in [6.07, 6.45) is 7.76. The molecule has 4 heterocycles. The lowest BCUT2D eigenvalue weighted by Gasteiger charge is -2.35. The molecule has 1 aliphatic rings. The van der Waals surface area contributed by atoms with Gasteiger partial charge >= 0.3 is 0 Å². The highest BCUT2D eigenvalue weighted by Crippen LogP contribution is 2.23. The van der Waals surface area contributed by atoms with Crippen molar-refractivity contribution in [2.45, 2.75) is 6.92 Å². The molecule has 0 radical (unpaired) electrons. The first kappa shape index (κ1) is 27.2. The molecule has 0 spiro atoms. The van der Waals surface area contributed by atoms with Gasteiger partial charge in [0.2, 0.25) is 12.4 Å². The molecule has 10 nitrogen and oxygen atoms in total. The van der Waals surface area contributed by atoms with E-state index in [2.05, 4.69) is 30.2 Å². The van der Waals surface area contributed by atoms with Crippen LogP contribution in [0.4, 0.5) is 17.5 Å². The van der Waals surface area contributed by atoms with Gasteiger partial charge in [-0.2, -0.15) is 0 Å². The van der Waals surface area contributed by atoms with Gasteiger partial charge in [-0.25, -0.2) is 15.0 Å². The average Bonchev–Trinajstić information content (AvgIpc) is 2.99. The maximum atomic E-state index is 13.2. The monoisotopic (exact) mass is 524 g/mol. The average molecular weight is 525 g/mol. The van der Waals surface area contributed by atoms with Gasteiger partial charge in [-0.3, -0.25) is 14.6 Å². The molecule has 2 amide bonds. The van der Waals surface area contributed by atoms with E-state index >= 15 is 0 Å². The number of aromatic nitrogens is 4. The van der Waals surface area contributed by atoms with Crippen LogP contribution in [0.15, 0.2) is 79.4 Å². The highest BCUT2D eigenvalue weighted by Gasteiger charge is 2.23. The third-order valence-electron chi connectivity index (χ3n) is 6.09. The first-order valence-corrected chi connectivity index (χ1v) is 12.6. The second-order valence-electron chi connectivity index (χ2n) is 9.20. The van der Waals surface area contributed by atoms with E-state index in [-0.39, 0.29) is 5.91 Å². The van der Waals surface area contributed by atoms with Crippen molar-refractivity contribution in [3.05, 3.63) is 90.5 Å². The largest absolute Gasteiger partial charge is 0.353 e. The van der Waals surface area contributed by atoms with Crippen LogP contribution in [0.2, 0.25) is 0 Å². The Balaban J connectivity index is 0.000000648. The van der Waals surface area contributed by atoms with Crippen LogP contribution in [0.3, 0.4) is 0 Å². The second-order valence-corrected chi connectivity index (χ2v) is 9.20. The molecule has 1 fully saturated rings. The zero-order chi connectivity index (χ0) is 27.6. The summed E-state index contributed by atoms with van der Waals surface area (Å²) in [7, 11) is 3.38. The third kappa shape index (κ3) is 7.35.